The Morgan fingerprint density at radius 3 is 2.62 bits per heavy atom. The van der Waals surface area contributed by atoms with Gasteiger partial charge in [0.2, 0.25) is 0 Å². The monoisotopic (exact) mass is 231 g/mol. The summed E-state index contributed by atoms with van der Waals surface area (Å²) in [5, 5.41) is 8.49. The third-order valence-corrected chi connectivity index (χ3v) is 1.57. The van der Waals surface area contributed by atoms with Crippen LogP contribution in [0.5, 0.6) is 5.75 Å². The lowest BCUT2D eigenvalue weighted by Crippen LogP contribution is -2.19. The minimum absolute atomic E-state index is 0.0684. The first-order valence-corrected chi connectivity index (χ1v) is 3.78. The topological polar surface area (TPSA) is 89.0 Å². The Morgan fingerprint density at radius 1 is 1.56 bits per heavy atom. The van der Waals surface area contributed by atoms with E-state index in [1.165, 1.54) is 6.07 Å². The number of nitrogens with zero attached hydrogens (tertiary/aromatic N) is 2. The van der Waals surface area contributed by atoms with Gasteiger partial charge in [0.1, 0.15) is 6.07 Å². The van der Waals surface area contributed by atoms with Gasteiger partial charge in [-0.1, -0.05) is 0 Å². The van der Waals surface area contributed by atoms with E-state index in [-0.39, 0.29) is 12.0 Å². The summed E-state index contributed by atoms with van der Waals surface area (Å²) in [7, 11) is 0. The average molecular weight is 231 g/mol. The molecule has 16 heavy (non-hydrogen) atoms. The summed E-state index contributed by atoms with van der Waals surface area (Å²) in [6.45, 7) is 0. The zero-order chi connectivity index (χ0) is 12.3. The molecule has 0 bridgehead atoms. The van der Waals surface area contributed by atoms with Crippen molar-refractivity contribution in [3.63, 3.8) is 0 Å². The lowest BCUT2D eigenvalue weighted by Gasteiger charge is -2.11. The highest BCUT2D eigenvalue weighted by atomic mass is 19.4. The first-order valence-electron chi connectivity index (χ1n) is 3.78. The van der Waals surface area contributed by atoms with Crippen molar-refractivity contribution >= 4 is 12.0 Å². The maximum absolute atomic E-state index is 11.9. The molecule has 0 saturated heterocycles. The molecule has 84 valence electrons. The molecule has 0 fully saturated rings. The van der Waals surface area contributed by atoms with Crippen LogP contribution in [0.3, 0.4) is 0 Å². The van der Waals surface area contributed by atoms with Gasteiger partial charge in [0, 0.05) is 0 Å². The van der Waals surface area contributed by atoms with Crippen molar-refractivity contribution < 1.29 is 22.7 Å². The van der Waals surface area contributed by atoms with E-state index in [2.05, 4.69) is 9.72 Å². The molecule has 0 aromatic carbocycles. The van der Waals surface area contributed by atoms with Crippen molar-refractivity contribution in [2.24, 2.45) is 0 Å². The van der Waals surface area contributed by atoms with Crippen LogP contribution in [-0.2, 0) is 0 Å². The van der Waals surface area contributed by atoms with Crippen molar-refractivity contribution in [2.75, 3.05) is 5.73 Å². The largest absolute Gasteiger partial charge is 0.573 e. The number of halogens is 3. The summed E-state index contributed by atoms with van der Waals surface area (Å²) >= 11 is 0. The summed E-state index contributed by atoms with van der Waals surface area (Å²) in [6.07, 6.45) is -4.27. The number of carbonyl (C=O) groups excluding carboxylic acids is 1. The summed E-state index contributed by atoms with van der Waals surface area (Å²) < 4.78 is 39.2. The molecule has 1 heterocycles. The summed E-state index contributed by atoms with van der Waals surface area (Å²) in [4.78, 5) is 13.9. The maximum Gasteiger partial charge on any atom is 0.573 e. The molecule has 8 heteroatoms. The number of hydrogen-bond acceptors (Lipinski definition) is 5. The number of ether oxygens (including phenoxy) is 1. The SMILES string of the molecule is N#Cc1ncc(OC(F)(F)F)c(C=O)c1N. The maximum atomic E-state index is 11.9. The second kappa shape index (κ2) is 4.06. The van der Waals surface area contributed by atoms with Gasteiger partial charge in [-0.2, -0.15) is 5.26 Å². The van der Waals surface area contributed by atoms with E-state index in [0.717, 1.165) is 0 Å². The van der Waals surface area contributed by atoms with Crippen molar-refractivity contribution in [2.45, 2.75) is 6.36 Å². The number of hydrogen-bond donors (Lipinski definition) is 1. The van der Waals surface area contributed by atoms with E-state index < -0.39 is 23.4 Å². The minimum Gasteiger partial charge on any atom is -0.403 e. The second-order valence-corrected chi connectivity index (χ2v) is 2.58. The number of nitrogens with two attached hydrogens (primary N) is 1. The van der Waals surface area contributed by atoms with Gasteiger partial charge in [-0.15, -0.1) is 13.2 Å². The Kier molecular flexibility index (Phi) is 2.99. The van der Waals surface area contributed by atoms with Gasteiger partial charge >= 0.3 is 6.36 Å². The van der Waals surface area contributed by atoms with Crippen LogP contribution in [0, 0.1) is 11.3 Å². The van der Waals surface area contributed by atoms with Crippen LogP contribution in [-0.4, -0.2) is 17.6 Å². The normalized spacial score (nSPS) is 10.6. The van der Waals surface area contributed by atoms with Crippen LogP contribution in [0.15, 0.2) is 6.20 Å². The number of aldehydes is 1. The van der Waals surface area contributed by atoms with Crippen LogP contribution >= 0.6 is 0 Å². The molecule has 1 aromatic rings. The molecular weight excluding hydrogens is 227 g/mol. The molecule has 1 rings (SSSR count). The zero-order valence-electron chi connectivity index (χ0n) is 7.58. The number of nitrogen functional groups attached to an aromatic ring is 1. The lowest BCUT2D eigenvalue weighted by atomic mass is 10.2. The van der Waals surface area contributed by atoms with Crippen LogP contribution in [0.25, 0.3) is 0 Å². The highest BCUT2D eigenvalue weighted by Crippen LogP contribution is 2.29. The van der Waals surface area contributed by atoms with Crippen LogP contribution < -0.4 is 10.5 Å². The predicted molar refractivity (Wildman–Crippen MR) is 45.4 cm³/mol. The van der Waals surface area contributed by atoms with E-state index in [4.69, 9.17) is 11.0 Å². The number of aromatic nitrogens is 1. The number of anilines is 1. The van der Waals surface area contributed by atoms with E-state index in [1.54, 1.807) is 0 Å². The van der Waals surface area contributed by atoms with Gasteiger partial charge in [-0.05, 0) is 0 Å². The summed E-state index contributed by atoms with van der Waals surface area (Å²) in [6, 6.07) is 1.53. The van der Waals surface area contributed by atoms with Gasteiger partial charge in [-0.3, -0.25) is 4.79 Å². The molecule has 2 N–H and O–H groups in total. The smallest absolute Gasteiger partial charge is 0.403 e. The fourth-order valence-electron chi connectivity index (χ4n) is 0.939. The highest BCUT2D eigenvalue weighted by molar-refractivity contribution is 5.88. The third-order valence-electron chi connectivity index (χ3n) is 1.57. The molecule has 5 nitrogen and oxygen atoms in total. The minimum atomic E-state index is -4.96. The Morgan fingerprint density at radius 2 is 2.19 bits per heavy atom. The molecule has 0 spiro atoms. The summed E-state index contributed by atoms with van der Waals surface area (Å²) in [5.41, 5.74) is 3.93. The van der Waals surface area contributed by atoms with Crippen LogP contribution in [0.2, 0.25) is 0 Å². The zero-order valence-corrected chi connectivity index (χ0v) is 7.58. The molecule has 0 aliphatic heterocycles. The molecule has 0 unspecified atom stereocenters. The van der Waals surface area contributed by atoms with Crippen LogP contribution in [0.1, 0.15) is 16.1 Å². The molecule has 0 atom stereocenters. The van der Waals surface area contributed by atoms with Gasteiger partial charge in [0.15, 0.2) is 17.7 Å². The number of carbonyl (C=O) groups is 1. The van der Waals surface area contributed by atoms with Gasteiger partial charge in [0.05, 0.1) is 17.4 Å². The molecular formula is C8H4F3N3O2. The van der Waals surface area contributed by atoms with Gasteiger partial charge in [-0.25, -0.2) is 4.98 Å². The fourth-order valence-corrected chi connectivity index (χ4v) is 0.939. The Balaban J connectivity index is 3.28. The first-order chi connectivity index (χ1) is 7.39. The van der Waals surface area contributed by atoms with Crippen LogP contribution in [0.4, 0.5) is 18.9 Å². The fraction of sp³-hybridized carbons (Fsp3) is 0.125. The second-order valence-electron chi connectivity index (χ2n) is 2.58. The standard InChI is InChI=1S/C8H4F3N3O2/c9-8(10,11)16-6-2-14-5(1-12)7(13)4(6)3-15/h2-3H,13H2. The quantitative estimate of drug-likeness (QED) is 0.773. The van der Waals surface area contributed by atoms with Gasteiger partial charge in [0.25, 0.3) is 0 Å². The Bertz CT molecular complexity index is 465. The third kappa shape index (κ3) is 2.38. The number of alkyl halides is 3. The van der Waals surface area contributed by atoms with Crippen molar-refractivity contribution in [3.8, 4) is 11.8 Å². The first kappa shape index (κ1) is 11.8. The molecule has 1 aromatic heterocycles. The molecule has 0 aliphatic carbocycles. The molecule has 0 radical (unpaired) electrons. The number of nitriles is 1. The molecule has 0 amide bonds. The van der Waals surface area contributed by atoms with E-state index in [1.807, 2.05) is 0 Å². The number of pyridine rings is 1. The lowest BCUT2D eigenvalue weighted by molar-refractivity contribution is -0.274. The average Bonchev–Trinajstić information content (AvgIpc) is 2.16. The predicted octanol–water partition coefficient (Wildman–Crippen LogP) is 1.25. The van der Waals surface area contributed by atoms with Crippen molar-refractivity contribution in [1.29, 1.82) is 5.26 Å². The Labute approximate surface area is 87.3 Å². The van der Waals surface area contributed by atoms with Crippen molar-refractivity contribution in [1.82, 2.24) is 4.98 Å². The van der Waals surface area contributed by atoms with E-state index in [0.29, 0.717) is 6.20 Å². The number of rotatable bonds is 2. The molecule has 0 aliphatic rings. The van der Waals surface area contributed by atoms with Crippen molar-refractivity contribution in [3.05, 3.63) is 17.5 Å². The van der Waals surface area contributed by atoms with E-state index in [9.17, 15) is 18.0 Å². The highest BCUT2D eigenvalue weighted by Gasteiger charge is 2.33. The van der Waals surface area contributed by atoms with E-state index >= 15 is 0 Å². The van der Waals surface area contributed by atoms with Gasteiger partial charge < -0.3 is 10.5 Å². The Hall–Kier alpha value is -2.30. The summed E-state index contributed by atoms with van der Waals surface area (Å²) in [5.74, 6) is -0.834. The molecule has 0 saturated carbocycles.